The molecule has 0 aliphatic carbocycles. The Morgan fingerprint density at radius 3 is 2.69 bits per heavy atom. The smallest absolute Gasteiger partial charge is 0.257 e. The van der Waals surface area contributed by atoms with Crippen LogP contribution in [0.3, 0.4) is 0 Å². The van der Waals surface area contributed by atoms with Crippen LogP contribution in [0.25, 0.3) is 5.57 Å². The minimum Gasteiger partial charge on any atom is -0.378 e. The first-order chi connectivity index (χ1) is 12.6. The highest BCUT2D eigenvalue weighted by atomic mass is 19.1. The third-order valence-corrected chi connectivity index (χ3v) is 4.45. The van der Waals surface area contributed by atoms with E-state index in [9.17, 15) is 13.6 Å². The van der Waals surface area contributed by atoms with Gasteiger partial charge in [-0.05, 0) is 36.4 Å². The van der Waals surface area contributed by atoms with Gasteiger partial charge in [-0.15, -0.1) is 0 Å². The number of nitrogens with zero attached hydrogens (tertiary/aromatic N) is 1. The zero-order valence-electron chi connectivity index (χ0n) is 13.9. The van der Waals surface area contributed by atoms with Gasteiger partial charge >= 0.3 is 0 Å². The molecule has 134 valence electrons. The van der Waals surface area contributed by atoms with Crippen molar-refractivity contribution >= 4 is 28.5 Å². The number of carbonyl (C=O) groups excluding carboxylic acids is 1. The lowest BCUT2D eigenvalue weighted by molar-refractivity contribution is -0.110. The summed E-state index contributed by atoms with van der Waals surface area (Å²) in [6.45, 7) is 2.48. The van der Waals surface area contributed by atoms with Crippen LogP contribution in [-0.4, -0.2) is 32.2 Å². The Kier molecular flexibility index (Phi) is 4.30. The van der Waals surface area contributed by atoms with E-state index in [1.807, 2.05) is 4.90 Å². The monoisotopic (exact) mass is 357 g/mol. The molecule has 2 N–H and O–H groups in total. The second-order valence-corrected chi connectivity index (χ2v) is 6.11. The van der Waals surface area contributed by atoms with Crippen molar-refractivity contribution in [1.29, 1.82) is 0 Å². The lowest BCUT2D eigenvalue weighted by Gasteiger charge is -2.29. The van der Waals surface area contributed by atoms with Crippen molar-refractivity contribution in [2.24, 2.45) is 0 Å². The molecule has 1 fully saturated rings. The van der Waals surface area contributed by atoms with Gasteiger partial charge < -0.3 is 20.3 Å². The predicted molar refractivity (Wildman–Crippen MR) is 96.1 cm³/mol. The zero-order valence-corrected chi connectivity index (χ0v) is 13.9. The standard InChI is InChI=1S/C19H17F2N3O2/c20-12-1-3-14-15(19(25)23-17(14)9-12)11-22-13-2-4-18(16(21)10-13)24-5-7-26-8-6-24/h1-4,9-11,22H,5-8H2,(H,23,25)/b15-11+. The van der Waals surface area contributed by atoms with Crippen LogP contribution in [0.5, 0.6) is 0 Å². The van der Waals surface area contributed by atoms with Crippen LogP contribution < -0.4 is 15.5 Å². The fraction of sp³-hybridized carbons (Fsp3) is 0.211. The maximum absolute atomic E-state index is 14.4. The molecule has 26 heavy (non-hydrogen) atoms. The zero-order chi connectivity index (χ0) is 18.1. The van der Waals surface area contributed by atoms with E-state index in [1.54, 1.807) is 12.1 Å². The molecule has 1 saturated heterocycles. The van der Waals surface area contributed by atoms with Crippen LogP contribution in [0.1, 0.15) is 5.56 Å². The number of anilines is 3. The molecule has 4 rings (SSSR count). The first-order valence-corrected chi connectivity index (χ1v) is 8.32. The molecule has 2 aliphatic heterocycles. The maximum atomic E-state index is 14.4. The molecule has 1 amide bonds. The van der Waals surface area contributed by atoms with Crippen LogP contribution in [0, 0.1) is 11.6 Å². The lowest BCUT2D eigenvalue weighted by Crippen LogP contribution is -2.36. The second kappa shape index (κ2) is 6.76. The van der Waals surface area contributed by atoms with Crippen LogP contribution in [-0.2, 0) is 9.53 Å². The molecule has 5 nitrogen and oxygen atoms in total. The maximum Gasteiger partial charge on any atom is 0.257 e. The number of rotatable bonds is 3. The van der Waals surface area contributed by atoms with E-state index in [4.69, 9.17) is 4.74 Å². The third kappa shape index (κ3) is 3.13. The Labute approximate surface area is 149 Å². The van der Waals surface area contributed by atoms with Gasteiger partial charge in [0.2, 0.25) is 0 Å². The largest absolute Gasteiger partial charge is 0.378 e. The number of halogens is 2. The van der Waals surface area contributed by atoms with Crippen molar-refractivity contribution in [2.75, 3.05) is 41.8 Å². The van der Waals surface area contributed by atoms with Crippen molar-refractivity contribution in [2.45, 2.75) is 0 Å². The summed E-state index contributed by atoms with van der Waals surface area (Å²) in [5.74, 6) is -1.09. The first-order valence-electron chi connectivity index (χ1n) is 8.32. The molecule has 7 heteroatoms. The second-order valence-electron chi connectivity index (χ2n) is 6.11. The van der Waals surface area contributed by atoms with Gasteiger partial charge in [-0.25, -0.2) is 8.78 Å². The summed E-state index contributed by atoms with van der Waals surface area (Å²) in [6, 6.07) is 8.95. The van der Waals surface area contributed by atoms with Gasteiger partial charge in [-0.3, -0.25) is 4.79 Å². The van der Waals surface area contributed by atoms with Gasteiger partial charge in [0.05, 0.1) is 30.2 Å². The highest BCUT2D eigenvalue weighted by molar-refractivity contribution is 6.31. The summed E-state index contributed by atoms with van der Waals surface area (Å²) in [4.78, 5) is 14.0. The average Bonchev–Trinajstić information content (AvgIpc) is 2.95. The number of amides is 1. The molecule has 2 aliphatic rings. The normalized spacial score (nSPS) is 18.0. The van der Waals surface area contributed by atoms with Gasteiger partial charge in [0.1, 0.15) is 11.6 Å². The van der Waals surface area contributed by atoms with E-state index in [-0.39, 0.29) is 11.7 Å². The Morgan fingerprint density at radius 1 is 1.12 bits per heavy atom. The number of ether oxygens (including phenoxy) is 1. The number of benzene rings is 2. The molecule has 0 spiro atoms. The lowest BCUT2D eigenvalue weighted by atomic mass is 10.1. The van der Waals surface area contributed by atoms with Gasteiger partial charge in [-0.2, -0.15) is 0 Å². The Balaban J connectivity index is 1.54. The quantitative estimate of drug-likeness (QED) is 0.829. The molecule has 2 aromatic rings. The Hall–Kier alpha value is -2.93. The molecule has 2 heterocycles. The summed E-state index contributed by atoms with van der Waals surface area (Å²) in [6.07, 6.45) is 1.50. The van der Waals surface area contributed by atoms with Gasteiger partial charge in [0.25, 0.3) is 5.91 Å². The molecule has 0 aromatic heterocycles. The summed E-state index contributed by atoms with van der Waals surface area (Å²) in [7, 11) is 0. The Morgan fingerprint density at radius 2 is 1.92 bits per heavy atom. The summed E-state index contributed by atoms with van der Waals surface area (Å²) in [5.41, 5.74) is 2.46. The highest BCUT2D eigenvalue weighted by Crippen LogP contribution is 2.32. The number of hydrogen-bond acceptors (Lipinski definition) is 4. The fourth-order valence-corrected chi connectivity index (χ4v) is 3.12. The molecule has 0 atom stereocenters. The first kappa shape index (κ1) is 16.5. The van der Waals surface area contributed by atoms with E-state index in [2.05, 4.69) is 10.6 Å². The SMILES string of the molecule is O=C1Nc2cc(F)ccc2/C1=C\Nc1ccc(N2CCOCC2)c(F)c1. The molecule has 0 bridgehead atoms. The highest BCUT2D eigenvalue weighted by Gasteiger charge is 2.24. The third-order valence-electron chi connectivity index (χ3n) is 4.45. The van der Waals surface area contributed by atoms with Crippen molar-refractivity contribution in [3.8, 4) is 0 Å². The van der Waals surface area contributed by atoms with Gasteiger partial charge in [-0.1, -0.05) is 0 Å². The van der Waals surface area contributed by atoms with Crippen LogP contribution in [0.4, 0.5) is 25.8 Å². The van der Waals surface area contributed by atoms with Crippen LogP contribution >= 0.6 is 0 Å². The molecule has 0 radical (unpaired) electrons. The summed E-state index contributed by atoms with van der Waals surface area (Å²) < 4.78 is 33.0. The van der Waals surface area contributed by atoms with Crippen molar-refractivity contribution in [3.63, 3.8) is 0 Å². The number of carbonyl (C=O) groups is 1. The molecular formula is C19H17F2N3O2. The van der Waals surface area contributed by atoms with E-state index in [0.717, 1.165) is 0 Å². The predicted octanol–water partition coefficient (Wildman–Crippen LogP) is 3.21. The number of nitrogens with one attached hydrogen (secondary N) is 2. The number of fused-ring (bicyclic) bond motifs is 1. The minimum atomic E-state index is -0.418. The van der Waals surface area contributed by atoms with Crippen LogP contribution in [0.2, 0.25) is 0 Å². The van der Waals surface area contributed by atoms with Crippen molar-refractivity contribution in [3.05, 3.63) is 59.8 Å². The number of hydrogen-bond donors (Lipinski definition) is 2. The van der Waals surface area contributed by atoms with Crippen molar-refractivity contribution < 1.29 is 18.3 Å². The molecule has 2 aromatic carbocycles. The topological polar surface area (TPSA) is 53.6 Å². The van der Waals surface area contributed by atoms with E-state index in [0.29, 0.717) is 54.5 Å². The van der Waals surface area contributed by atoms with Crippen molar-refractivity contribution in [1.82, 2.24) is 0 Å². The molecular weight excluding hydrogens is 340 g/mol. The van der Waals surface area contributed by atoms with E-state index in [1.165, 1.54) is 30.5 Å². The van der Waals surface area contributed by atoms with Crippen LogP contribution in [0.15, 0.2) is 42.6 Å². The minimum absolute atomic E-state index is 0.330. The summed E-state index contributed by atoms with van der Waals surface area (Å²) >= 11 is 0. The average molecular weight is 357 g/mol. The van der Waals surface area contributed by atoms with E-state index >= 15 is 0 Å². The van der Waals surface area contributed by atoms with Gasteiger partial charge in [0.15, 0.2) is 0 Å². The molecule has 0 unspecified atom stereocenters. The summed E-state index contributed by atoms with van der Waals surface area (Å²) in [5, 5.41) is 5.55. The Bertz CT molecular complexity index is 892. The molecule has 0 saturated carbocycles. The fourth-order valence-electron chi connectivity index (χ4n) is 3.12. The number of morpholine rings is 1. The van der Waals surface area contributed by atoms with Gasteiger partial charge in [0, 0.05) is 30.5 Å². The van der Waals surface area contributed by atoms with E-state index < -0.39 is 5.82 Å².